The van der Waals surface area contributed by atoms with Crippen molar-refractivity contribution in [3.05, 3.63) is 71.6 Å². The molecule has 0 spiro atoms. The molecule has 2 aromatic carbocycles. The molecule has 0 unspecified atom stereocenters. The van der Waals surface area contributed by atoms with Crippen LogP contribution in [-0.4, -0.2) is 31.4 Å². The number of anilines is 1. The summed E-state index contributed by atoms with van der Waals surface area (Å²) in [7, 11) is 0. The normalized spacial score (nSPS) is 10.9. The number of carbonyl (C=O) groups excluding carboxylic acids is 1. The van der Waals surface area contributed by atoms with Gasteiger partial charge in [-0.25, -0.2) is 14.6 Å². The van der Waals surface area contributed by atoms with Crippen LogP contribution >= 0.6 is 23.4 Å². The number of benzene rings is 2. The summed E-state index contributed by atoms with van der Waals surface area (Å²) in [6.45, 7) is 1.99. The minimum Gasteiger partial charge on any atom is -0.325 e. The van der Waals surface area contributed by atoms with Crippen molar-refractivity contribution in [3.63, 3.8) is 0 Å². The van der Waals surface area contributed by atoms with Crippen LogP contribution in [0.2, 0.25) is 5.02 Å². The molecule has 2 aromatic heterocycles. The second-order valence-corrected chi connectivity index (χ2v) is 7.56. The van der Waals surface area contributed by atoms with Crippen molar-refractivity contribution in [2.75, 3.05) is 11.1 Å². The molecule has 6 nitrogen and oxygen atoms in total. The molecular formula is C20H16ClN5OS. The Labute approximate surface area is 171 Å². The highest BCUT2D eigenvalue weighted by Gasteiger charge is 2.13. The molecule has 1 amide bonds. The minimum absolute atomic E-state index is 0.0903. The number of nitrogens with zero attached hydrogens (tertiary/aromatic N) is 4. The first kappa shape index (κ1) is 18.5. The highest BCUT2D eigenvalue weighted by atomic mass is 35.5. The standard InChI is InChI=1S/C20H16ClN5OS/c1-13-3-2-4-15(9-13)25-18(27)11-28-20-17-10-24-26(19(17)22-12-23-20)16-7-5-14(21)6-8-16/h2-10,12H,11H2,1H3,(H,25,27). The van der Waals surface area contributed by atoms with Gasteiger partial charge in [-0.1, -0.05) is 35.5 Å². The highest BCUT2D eigenvalue weighted by molar-refractivity contribution is 8.00. The summed E-state index contributed by atoms with van der Waals surface area (Å²) in [6, 6.07) is 15.1. The predicted octanol–water partition coefficient (Wildman–Crippen LogP) is 4.51. The fraction of sp³-hybridized carbons (Fsp3) is 0.100. The van der Waals surface area contributed by atoms with Gasteiger partial charge in [0.05, 0.1) is 23.0 Å². The van der Waals surface area contributed by atoms with Gasteiger partial charge < -0.3 is 5.32 Å². The second-order valence-electron chi connectivity index (χ2n) is 6.16. The highest BCUT2D eigenvalue weighted by Crippen LogP contribution is 2.26. The molecule has 2 heterocycles. The van der Waals surface area contributed by atoms with E-state index in [1.165, 1.54) is 18.1 Å². The molecular weight excluding hydrogens is 394 g/mol. The van der Waals surface area contributed by atoms with Gasteiger partial charge in [-0.3, -0.25) is 4.79 Å². The maximum atomic E-state index is 12.3. The fourth-order valence-electron chi connectivity index (χ4n) is 2.76. The van der Waals surface area contributed by atoms with Crippen molar-refractivity contribution in [1.29, 1.82) is 0 Å². The van der Waals surface area contributed by atoms with E-state index in [-0.39, 0.29) is 11.7 Å². The van der Waals surface area contributed by atoms with E-state index in [1.807, 2.05) is 43.3 Å². The van der Waals surface area contributed by atoms with Gasteiger partial charge in [-0.2, -0.15) is 5.10 Å². The van der Waals surface area contributed by atoms with E-state index >= 15 is 0 Å². The maximum absolute atomic E-state index is 12.3. The predicted molar refractivity (Wildman–Crippen MR) is 112 cm³/mol. The first-order valence-corrected chi connectivity index (χ1v) is 9.90. The Morgan fingerprint density at radius 1 is 1.18 bits per heavy atom. The molecule has 0 saturated heterocycles. The average Bonchev–Trinajstić information content (AvgIpc) is 3.12. The zero-order chi connectivity index (χ0) is 19.5. The number of fused-ring (bicyclic) bond motifs is 1. The van der Waals surface area contributed by atoms with E-state index in [9.17, 15) is 4.79 Å². The van der Waals surface area contributed by atoms with Crippen LogP contribution in [0, 0.1) is 6.92 Å². The van der Waals surface area contributed by atoms with Crippen LogP contribution in [0.15, 0.2) is 66.1 Å². The van der Waals surface area contributed by atoms with Crippen molar-refractivity contribution in [1.82, 2.24) is 19.7 Å². The molecule has 28 heavy (non-hydrogen) atoms. The van der Waals surface area contributed by atoms with Crippen molar-refractivity contribution in [2.45, 2.75) is 11.9 Å². The van der Waals surface area contributed by atoms with Gasteiger partial charge in [-0.05, 0) is 48.9 Å². The lowest BCUT2D eigenvalue weighted by Gasteiger charge is -2.06. The molecule has 8 heteroatoms. The Hall–Kier alpha value is -2.90. The molecule has 0 aliphatic rings. The van der Waals surface area contributed by atoms with Gasteiger partial charge >= 0.3 is 0 Å². The number of carbonyl (C=O) groups is 1. The van der Waals surface area contributed by atoms with Crippen LogP contribution in [0.4, 0.5) is 5.69 Å². The molecule has 1 N–H and O–H groups in total. The van der Waals surface area contributed by atoms with E-state index in [2.05, 4.69) is 20.4 Å². The van der Waals surface area contributed by atoms with E-state index in [0.717, 1.165) is 22.3 Å². The van der Waals surface area contributed by atoms with Crippen LogP contribution in [-0.2, 0) is 4.79 Å². The van der Waals surface area contributed by atoms with E-state index in [0.29, 0.717) is 15.7 Å². The molecule has 0 radical (unpaired) electrons. The summed E-state index contributed by atoms with van der Waals surface area (Å²) in [5.41, 5.74) is 3.41. The van der Waals surface area contributed by atoms with Crippen LogP contribution < -0.4 is 5.32 Å². The molecule has 4 rings (SSSR count). The quantitative estimate of drug-likeness (QED) is 0.388. The molecule has 140 valence electrons. The smallest absolute Gasteiger partial charge is 0.234 e. The summed E-state index contributed by atoms with van der Waals surface area (Å²) < 4.78 is 1.73. The number of halogens is 1. The van der Waals surface area contributed by atoms with Gasteiger partial charge in [-0.15, -0.1) is 0 Å². The van der Waals surface area contributed by atoms with Crippen molar-refractivity contribution in [2.24, 2.45) is 0 Å². The number of rotatable bonds is 5. The number of hydrogen-bond acceptors (Lipinski definition) is 5. The van der Waals surface area contributed by atoms with Gasteiger partial charge in [0.25, 0.3) is 0 Å². The van der Waals surface area contributed by atoms with Crippen LogP contribution in [0.25, 0.3) is 16.7 Å². The zero-order valence-corrected chi connectivity index (χ0v) is 16.5. The van der Waals surface area contributed by atoms with Gasteiger partial charge in [0.1, 0.15) is 11.4 Å². The van der Waals surface area contributed by atoms with Gasteiger partial charge in [0.15, 0.2) is 5.65 Å². The number of nitrogens with one attached hydrogen (secondary N) is 1. The van der Waals surface area contributed by atoms with Crippen molar-refractivity contribution >= 4 is 46.0 Å². The summed E-state index contributed by atoms with van der Waals surface area (Å²) in [4.78, 5) is 20.9. The summed E-state index contributed by atoms with van der Waals surface area (Å²) in [6.07, 6.45) is 3.20. The third kappa shape index (κ3) is 4.00. The van der Waals surface area contributed by atoms with E-state index in [4.69, 9.17) is 11.6 Å². The lowest BCUT2D eigenvalue weighted by Crippen LogP contribution is -2.14. The Bertz CT molecular complexity index is 1140. The molecule has 0 bridgehead atoms. The third-order valence-corrected chi connectivity index (χ3v) is 5.30. The minimum atomic E-state index is -0.0903. The van der Waals surface area contributed by atoms with Gasteiger partial charge in [0, 0.05) is 10.7 Å². The third-order valence-electron chi connectivity index (χ3n) is 4.04. The Balaban J connectivity index is 1.51. The SMILES string of the molecule is Cc1cccc(NC(=O)CSc2ncnc3c2cnn3-c2ccc(Cl)cc2)c1. The zero-order valence-electron chi connectivity index (χ0n) is 15.0. The maximum Gasteiger partial charge on any atom is 0.234 e. The summed E-state index contributed by atoms with van der Waals surface area (Å²) >= 11 is 7.31. The Kier molecular flexibility index (Phi) is 5.27. The first-order valence-electron chi connectivity index (χ1n) is 8.54. The monoisotopic (exact) mass is 409 g/mol. The number of aryl methyl sites for hydroxylation is 1. The van der Waals surface area contributed by atoms with Crippen molar-refractivity contribution < 1.29 is 4.79 Å². The number of hydrogen-bond donors (Lipinski definition) is 1. The van der Waals surface area contributed by atoms with Crippen LogP contribution in [0.1, 0.15) is 5.56 Å². The van der Waals surface area contributed by atoms with E-state index in [1.54, 1.807) is 23.0 Å². The fourth-order valence-corrected chi connectivity index (χ4v) is 3.65. The Morgan fingerprint density at radius 2 is 2.00 bits per heavy atom. The molecule has 0 fully saturated rings. The van der Waals surface area contributed by atoms with Gasteiger partial charge in [0.2, 0.25) is 5.91 Å². The average molecular weight is 410 g/mol. The Morgan fingerprint density at radius 3 is 2.79 bits per heavy atom. The molecule has 0 aliphatic heterocycles. The summed E-state index contributed by atoms with van der Waals surface area (Å²) in [5.74, 6) is 0.152. The second kappa shape index (κ2) is 8.00. The number of thioether (sulfide) groups is 1. The topological polar surface area (TPSA) is 72.7 Å². The largest absolute Gasteiger partial charge is 0.325 e. The molecule has 0 saturated carbocycles. The molecule has 0 aliphatic carbocycles. The first-order chi connectivity index (χ1) is 13.6. The summed E-state index contributed by atoms with van der Waals surface area (Å²) in [5, 5.41) is 9.49. The molecule has 4 aromatic rings. The lowest BCUT2D eigenvalue weighted by molar-refractivity contribution is -0.113. The van der Waals surface area contributed by atoms with Crippen LogP contribution in [0.5, 0.6) is 0 Å². The van der Waals surface area contributed by atoms with Crippen LogP contribution in [0.3, 0.4) is 0 Å². The lowest BCUT2D eigenvalue weighted by atomic mass is 10.2. The number of amides is 1. The number of aromatic nitrogens is 4. The molecule has 0 atom stereocenters. The van der Waals surface area contributed by atoms with Crippen molar-refractivity contribution in [3.8, 4) is 5.69 Å². The van der Waals surface area contributed by atoms with E-state index < -0.39 is 0 Å².